The lowest BCUT2D eigenvalue weighted by Gasteiger charge is -2.25. The number of benzene rings is 2. The normalized spacial score (nSPS) is 17.0. The number of methoxy groups -OCH3 is 1. The number of hydrogen-bond acceptors (Lipinski definition) is 3. The summed E-state index contributed by atoms with van der Waals surface area (Å²) in [5, 5.41) is 3.08. The lowest BCUT2D eigenvalue weighted by atomic mass is 10.2. The van der Waals surface area contributed by atoms with Crippen molar-refractivity contribution >= 4 is 39.4 Å². The predicted octanol–water partition coefficient (Wildman–Crippen LogP) is 5.05. The quantitative estimate of drug-likeness (QED) is 0.775. The molecule has 0 aromatic heterocycles. The van der Waals surface area contributed by atoms with Crippen LogP contribution in [0.15, 0.2) is 46.9 Å². The van der Waals surface area contributed by atoms with Gasteiger partial charge >= 0.3 is 6.03 Å². The number of hydrogen-bond donors (Lipinski definition) is 1. The zero-order valence-electron chi connectivity index (χ0n) is 13.6. The molecule has 1 unspecified atom stereocenters. The molecule has 0 bridgehead atoms. The van der Waals surface area contributed by atoms with Gasteiger partial charge in [-0.3, -0.25) is 0 Å². The van der Waals surface area contributed by atoms with Crippen LogP contribution in [-0.4, -0.2) is 30.3 Å². The molecule has 2 aromatic carbocycles. The number of amides is 2. The molecule has 1 fully saturated rings. The lowest BCUT2D eigenvalue weighted by molar-refractivity contribution is 0.214. The number of urea groups is 1. The maximum atomic E-state index is 12.7. The number of nitrogens with one attached hydrogen (secondary N) is 1. The highest BCUT2D eigenvalue weighted by Gasteiger charge is 2.30. The Balaban J connectivity index is 1.75. The topological polar surface area (TPSA) is 41.6 Å². The molecule has 6 heteroatoms. The van der Waals surface area contributed by atoms with Crippen LogP contribution in [0.5, 0.6) is 5.75 Å². The van der Waals surface area contributed by atoms with Gasteiger partial charge in [-0.1, -0.05) is 28.1 Å². The number of halogens is 1. The van der Waals surface area contributed by atoms with E-state index in [9.17, 15) is 4.79 Å². The van der Waals surface area contributed by atoms with Gasteiger partial charge in [0, 0.05) is 22.5 Å². The van der Waals surface area contributed by atoms with E-state index < -0.39 is 0 Å². The molecular weight excluding hydrogens is 388 g/mol. The zero-order valence-corrected chi connectivity index (χ0v) is 16.0. The predicted molar refractivity (Wildman–Crippen MR) is 103 cm³/mol. The molecule has 1 saturated heterocycles. The Kier molecular flexibility index (Phi) is 5.36. The molecule has 0 aliphatic carbocycles. The van der Waals surface area contributed by atoms with Crippen LogP contribution in [0.2, 0.25) is 0 Å². The van der Waals surface area contributed by atoms with Crippen LogP contribution in [-0.2, 0) is 0 Å². The molecule has 1 atom stereocenters. The lowest BCUT2D eigenvalue weighted by Crippen LogP contribution is -2.34. The number of carbonyl (C=O) groups is 1. The van der Waals surface area contributed by atoms with Gasteiger partial charge in [-0.05, 0) is 48.4 Å². The Morgan fingerprint density at radius 2 is 2.04 bits per heavy atom. The molecule has 4 nitrogen and oxygen atoms in total. The minimum atomic E-state index is -0.0683. The first kappa shape index (κ1) is 17.2. The molecule has 3 rings (SSSR count). The van der Waals surface area contributed by atoms with Crippen molar-refractivity contribution in [3.63, 3.8) is 0 Å². The summed E-state index contributed by atoms with van der Waals surface area (Å²) in [7, 11) is 1.64. The molecular formula is C18H19BrN2O2S. The van der Waals surface area contributed by atoms with E-state index in [1.54, 1.807) is 18.9 Å². The summed E-state index contributed by atoms with van der Waals surface area (Å²) in [6.45, 7) is 2.70. The third-order valence-corrected chi connectivity index (χ3v) is 5.77. The molecule has 24 heavy (non-hydrogen) atoms. The summed E-state index contributed by atoms with van der Waals surface area (Å²) in [4.78, 5) is 14.6. The molecule has 2 aromatic rings. The second kappa shape index (κ2) is 7.49. The largest absolute Gasteiger partial charge is 0.497 e. The second-order valence-corrected chi connectivity index (χ2v) is 7.68. The van der Waals surface area contributed by atoms with Crippen LogP contribution < -0.4 is 10.1 Å². The summed E-state index contributed by atoms with van der Waals surface area (Å²) in [5.41, 5.74) is 2.93. The van der Waals surface area contributed by atoms with Crippen LogP contribution in [0.25, 0.3) is 0 Å². The SMILES string of the molecule is COc1ccc(NC(=O)N2CCSC2c2ccc(Br)cc2)c(C)c1. The van der Waals surface area contributed by atoms with Crippen LogP contribution in [0, 0.1) is 6.92 Å². The summed E-state index contributed by atoms with van der Waals surface area (Å²) >= 11 is 5.24. The van der Waals surface area contributed by atoms with E-state index in [4.69, 9.17) is 4.74 Å². The first-order valence-electron chi connectivity index (χ1n) is 7.68. The molecule has 1 aliphatic rings. The van der Waals surface area contributed by atoms with E-state index in [1.807, 2.05) is 42.2 Å². The molecule has 0 saturated carbocycles. The van der Waals surface area contributed by atoms with Crippen molar-refractivity contribution in [3.05, 3.63) is 58.1 Å². The molecule has 2 amide bonds. The molecule has 1 heterocycles. The number of aryl methyl sites for hydroxylation is 1. The van der Waals surface area contributed by atoms with Gasteiger partial charge in [-0.2, -0.15) is 0 Å². The van der Waals surface area contributed by atoms with Gasteiger partial charge in [0.1, 0.15) is 11.1 Å². The van der Waals surface area contributed by atoms with Gasteiger partial charge < -0.3 is 15.0 Å². The highest BCUT2D eigenvalue weighted by Crippen LogP contribution is 2.38. The minimum absolute atomic E-state index is 0.0525. The summed E-state index contributed by atoms with van der Waals surface area (Å²) in [6.07, 6.45) is 0. The second-order valence-electron chi connectivity index (χ2n) is 5.58. The first-order chi connectivity index (χ1) is 11.6. The van der Waals surface area contributed by atoms with Crippen LogP contribution in [0.1, 0.15) is 16.5 Å². The maximum absolute atomic E-state index is 12.7. The van der Waals surface area contributed by atoms with Crippen molar-refractivity contribution in [1.82, 2.24) is 4.90 Å². The highest BCUT2D eigenvalue weighted by atomic mass is 79.9. The van der Waals surface area contributed by atoms with Crippen molar-refractivity contribution in [2.45, 2.75) is 12.3 Å². The number of anilines is 1. The van der Waals surface area contributed by atoms with E-state index in [2.05, 4.69) is 33.4 Å². The smallest absolute Gasteiger partial charge is 0.323 e. The van der Waals surface area contributed by atoms with E-state index in [1.165, 1.54) is 0 Å². The number of rotatable bonds is 3. The highest BCUT2D eigenvalue weighted by molar-refractivity contribution is 9.10. The number of thioether (sulfide) groups is 1. The monoisotopic (exact) mass is 406 g/mol. The fourth-order valence-electron chi connectivity index (χ4n) is 2.67. The first-order valence-corrected chi connectivity index (χ1v) is 9.52. The van der Waals surface area contributed by atoms with E-state index in [-0.39, 0.29) is 11.4 Å². The van der Waals surface area contributed by atoms with Crippen molar-refractivity contribution in [3.8, 4) is 5.75 Å². The molecule has 1 aliphatic heterocycles. The Morgan fingerprint density at radius 1 is 1.29 bits per heavy atom. The van der Waals surface area contributed by atoms with Crippen molar-refractivity contribution in [2.75, 3.05) is 24.7 Å². The van der Waals surface area contributed by atoms with E-state index >= 15 is 0 Å². The summed E-state index contributed by atoms with van der Waals surface area (Å²) in [5.74, 6) is 1.73. The molecule has 0 spiro atoms. The van der Waals surface area contributed by atoms with E-state index in [0.29, 0.717) is 0 Å². The average Bonchev–Trinajstić information content (AvgIpc) is 3.07. The minimum Gasteiger partial charge on any atom is -0.497 e. The fourth-order valence-corrected chi connectivity index (χ4v) is 4.19. The number of nitrogens with zero attached hydrogens (tertiary/aromatic N) is 1. The van der Waals surface area contributed by atoms with Crippen LogP contribution >= 0.6 is 27.7 Å². The van der Waals surface area contributed by atoms with Gasteiger partial charge in [-0.25, -0.2) is 4.79 Å². The van der Waals surface area contributed by atoms with Crippen molar-refractivity contribution in [1.29, 1.82) is 0 Å². The number of ether oxygens (including phenoxy) is 1. The maximum Gasteiger partial charge on any atom is 0.323 e. The van der Waals surface area contributed by atoms with Gasteiger partial charge in [0.15, 0.2) is 0 Å². The Bertz CT molecular complexity index is 736. The van der Waals surface area contributed by atoms with Crippen LogP contribution in [0.3, 0.4) is 0 Å². The fraction of sp³-hybridized carbons (Fsp3) is 0.278. The van der Waals surface area contributed by atoms with Gasteiger partial charge in [0.2, 0.25) is 0 Å². The molecule has 126 valence electrons. The van der Waals surface area contributed by atoms with Crippen molar-refractivity contribution in [2.24, 2.45) is 0 Å². The number of carbonyl (C=O) groups excluding carboxylic acids is 1. The Morgan fingerprint density at radius 3 is 2.71 bits per heavy atom. The Labute approximate surface area is 154 Å². The zero-order chi connectivity index (χ0) is 17.1. The van der Waals surface area contributed by atoms with Gasteiger partial charge in [-0.15, -0.1) is 11.8 Å². The van der Waals surface area contributed by atoms with Gasteiger partial charge in [0.05, 0.1) is 7.11 Å². The summed E-state index contributed by atoms with van der Waals surface area (Å²) < 4.78 is 6.25. The van der Waals surface area contributed by atoms with Crippen LogP contribution in [0.4, 0.5) is 10.5 Å². The van der Waals surface area contributed by atoms with E-state index in [0.717, 1.165) is 39.3 Å². The van der Waals surface area contributed by atoms with Crippen molar-refractivity contribution < 1.29 is 9.53 Å². The molecule has 1 N–H and O–H groups in total. The molecule has 0 radical (unpaired) electrons. The Hall–Kier alpha value is -1.66. The third-order valence-electron chi connectivity index (χ3n) is 3.98. The summed E-state index contributed by atoms with van der Waals surface area (Å²) in [6, 6.07) is 13.7. The van der Waals surface area contributed by atoms with Gasteiger partial charge in [0.25, 0.3) is 0 Å². The standard InChI is InChI=1S/C18H19BrN2O2S/c1-12-11-15(23-2)7-8-16(12)20-18(22)21-9-10-24-17(21)13-3-5-14(19)6-4-13/h3-8,11,17H,9-10H2,1-2H3,(H,20,22). The average molecular weight is 407 g/mol. The third kappa shape index (κ3) is 3.70.